The number of halogens is 2. The van der Waals surface area contributed by atoms with E-state index in [9.17, 15) is 4.79 Å². The number of rotatable bonds is 5. The van der Waals surface area contributed by atoms with E-state index in [1.807, 2.05) is 23.6 Å². The number of carbonyl (C=O) groups excluding carboxylic acids is 1. The zero-order valence-electron chi connectivity index (χ0n) is 12.9. The molecule has 1 amide bonds. The molecule has 4 nitrogen and oxygen atoms in total. The van der Waals surface area contributed by atoms with Crippen molar-refractivity contribution < 1.29 is 4.79 Å². The van der Waals surface area contributed by atoms with E-state index < -0.39 is 0 Å². The predicted octanol–water partition coefficient (Wildman–Crippen LogP) is 4.84. The SMILES string of the molecule is O=C(/C=C/c1ccc(Cl)c(Cl)c1)NCc1csc(-c2ccccn2)n1. The molecule has 0 unspecified atom stereocenters. The molecule has 3 aromatic rings. The fourth-order valence-corrected chi connectivity index (χ4v) is 3.12. The molecule has 0 atom stereocenters. The van der Waals surface area contributed by atoms with Gasteiger partial charge in [0.25, 0.3) is 0 Å². The minimum absolute atomic E-state index is 0.210. The highest BCUT2D eigenvalue weighted by Gasteiger charge is 2.06. The number of nitrogens with one attached hydrogen (secondary N) is 1. The van der Waals surface area contributed by atoms with Crippen LogP contribution in [-0.4, -0.2) is 15.9 Å². The molecule has 0 spiro atoms. The molecule has 0 radical (unpaired) electrons. The number of carbonyl (C=O) groups is 1. The van der Waals surface area contributed by atoms with E-state index in [0.29, 0.717) is 16.6 Å². The molecular weight excluding hydrogens is 377 g/mol. The Hall–Kier alpha value is -2.21. The summed E-state index contributed by atoms with van der Waals surface area (Å²) in [5.41, 5.74) is 2.42. The topological polar surface area (TPSA) is 54.9 Å². The van der Waals surface area contributed by atoms with Crippen LogP contribution < -0.4 is 5.32 Å². The molecule has 25 heavy (non-hydrogen) atoms. The van der Waals surface area contributed by atoms with Crippen LogP contribution in [0.4, 0.5) is 0 Å². The van der Waals surface area contributed by atoms with Gasteiger partial charge in [-0.05, 0) is 35.9 Å². The summed E-state index contributed by atoms with van der Waals surface area (Å²) in [5.74, 6) is -0.210. The van der Waals surface area contributed by atoms with E-state index in [1.54, 1.807) is 30.5 Å². The van der Waals surface area contributed by atoms with Gasteiger partial charge in [0.15, 0.2) is 0 Å². The highest BCUT2D eigenvalue weighted by molar-refractivity contribution is 7.13. The van der Waals surface area contributed by atoms with Gasteiger partial charge < -0.3 is 5.32 Å². The van der Waals surface area contributed by atoms with Gasteiger partial charge in [-0.2, -0.15) is 0 Å². The van der Waals surface area contributed by atoms with Gasteiger partial charge in [-0.3, -0.25) is 9.78 Å². The molecule has 0 fully saturated rings. The van der Waals surface area contributed by atoms with E-state index in [-0.39, 0.29) is 5.91 Å². The first-order chi connectivity index (χ1) is 12.1. The summed E-state index contributed by atoms with van der Waals surface area (Å²) in [4.78, 5) is 20.7. The Morgan fingerprint density at radius 3 is 2.84 bits per heavy atom. The fourth-order valence-electron chi connectivity index (χ4n) is 2.02. The lowest BCUT2D eigenvalue weighted by molar-refractivity contribution is -0.116. The summed E-state index contributed by atoms with van der Waals surface area (Å²) in [6.07, 6.45) is 4.86. The summed E-state index contributed by atoms with van der Waals surface area (Å²) < 4.78 is 0. The number of hydrogen-bond donors (Lipinski definition) is 1. The monoisotopic (exact) mass is 389 g/mol. The molecule has 0 aliphatic carbocycles. The van der Waals surface area contributed by atoms with Gasteiger partial charge in [-0.25, -0.2) is 4.98 Å². The highest BCUT2D eigenvalue weighted by Crippen LogP contribution is 2.23. The van der Waals surface area contributed by atoms with E-state index in [2.05, 4.69) is 15.3 Å². The van der Waals surface area contributed by atoms with Crippen LogP contribution in [0.15, 0.2) is 54.1 Å². The first-order valence-corrected chi connectivity index (χ1v) is 9.02. The largest absolute Gasteiger partial charge is 0.347 e. The van der Waals surface area contributed by atoms with Crippen molar-refractivity contribution in [2.75, 3.05) is 0 Å². The van der Waals surface area contributed by atoms with Crippen LogP contribution in [0.5, 0.6) is 0 Å². The second kappa shape index (κ2) is 8.25. The van der Waals surface area contributed by atoms with Crippen molar-refractivity contribution >= 4 is 46.5 Å². The maximum absolute atomic E-state index is 11.9. The van der Waals surface area contributed by atoms with Crippen molar-refractivity contribution in [2.45, 2.75) is 6.54 Å². The molecule has 3 rings (SSSR count). The third kappa shape index (κ3) is 4.89. The smallest absolute Gasteiger partial charge is 0.244 e. The molecule has 0 saturated carbocycles. The molecule has 126 valence electrons. The molecule has 1 N–H and O–H groups in total. The molecular formula is C18H13Cl2N3OS. The Balaban J connectivity index is 1.56. The van der Waals surface area contributed by atoms with Crippen LogP contribution in [-0.2, 0) is 11.3 Å². The second-order valence-corrected chi connectivity index (χ2v) is 6.76. The first kappa shape index (κ1) is 17.6. The first-order valence-electron chi connectivity index (χ1n) is 7.38. The number of hydrogen-bond acceptors (Lipinski definition) is 4. The van der Waals surface area contributed by atoms with Gasteiger partial charge in [0.05, 0.1) is 28.0 Å². The molecule has 0 aliphatic rings. The van der Waals surface area contributed by atoms with Crippen LogP contribution in [0.2, 0.25) is 10.0 Å². The van der Waals surface area contributed by atoms with Gasteiger partial charge in [0.1, 0.15) is 5.01 Å². The summed E-state index contributed by atoms with van der Waals surface area (Å²) >= 11 is 13.3. The summed E-state index contributed by atoms with van der Waals surface area (Å²) in [6.45, 7) is 0.355. The number of thiazole rings is 1. The van der Waals surface area contributed by atoms with Gasteiger partial charge in [0, 0.05) is 17.7 Å². The van der Waals surface area contributed by atoms with Crippen LogP contribution in [0.25, 0.3) is 16.8 Å². The molecule has 2 heterocycles. The van der Waals surface area contributed by atoms with Gasteiger partial charge in [0.2, 0.25) is 5.91 Å². The van der Waals surface area contributed by atoms with Crippen molar-refractivity contribution in [3.8, 4) is 10.7 Å². The maximum atomic E-state index is 11.9. The Morgan fingerprint density at radius 1 is 1.20 bits per heavy atom. The van der Waals surface area contributed by atoms with E-state index >= 15 is 0 Å². The fraction of sp³-hybridized carbons (Fsp3) is 0.0556. The molecule has 2 aromatic heterocycles. The lowest BCUT2D eigenvalue weighted by atomic mass is 10.2. The van der Waals surface area contributed by atoms with Crippen LogP contribution in [0.1, 0.15) is 11.3 Å². The van der Waals surface area contributed by atoms with Crippen molar-refractivity contribution in [3.63, 3.8) is 0 Å². The number of nitrogens with zero attached hydrogens (tertiary/aromatic N) is 2. The predicted molar refractivity (Wildman–Crippen MR) is 103 cm³/mol. The number of amides is 1. The number of benzene rings is 1. The quantitative estimate of drug-likeness (QED) is 0.635. The minimum Gasteiger partial charge on any atom is -0.347 e. The average Bonchev–Trinajstić information content (AvgIpc) is 3.11. The maximum Gasteiger partial charge on any atom is 0.244 e. The van der Waals surface area contributed by atoms with Gasteiger partial charge in [-0.15, -0.1) is 11.3 Å². The third-order valence-corrected chi connectivity index (χ3v) is 4.90. The minimum atomic E-state index is -0.210. The lowest BCUT2D eigenvalue weighted by Gasteiger charge is -2.00. The van der Waals surface area contributed by atoms with Gasteiger partial charge >= 0.3 is 0 Å². The Kier molecular flexibility index (Phi) is 5.81. The molecule has 7 heteroatoms. The van der Waals surface area contributed by atoms with Crippen molar-refractivity contribution in [2.24, 2.45) is 0 Å². The second-order valence-electron chi connectivity index (χ2n) is 5.08. The molecule has 0 saturated heterocycles. The van der Waals surface area contributed by atoms with Crippen molar-refractivity contribution in [1.82, 2.24) is 15.3 Å². The number of aromatic nitrogens is 2. The van der Waals surface area contributed by atoms with Crippen LogP contribution in [0, 0.1) is 0 Å². The van der Waals surface area contributed by atoms with Crippen LogP contribution >= 0.6 is 34.5 Å². The lowest BCUT2D eigenvalue weighted by Crippen LogP contribution is -2.20. The zero-order chi connectivity index (χ0) is 17.6. The Bertz CT molecular complexity index is 910. The van der Waals surface area contributed by atoms with Gasteiger partial charge in [-0.1, -0.05) is 35.3 Å². The molecule has 1 aromatic carbocycles. The standard InChI is InChI=1S/C18H13Cl2N3OS/c19-14-6-4-12(9-15(14)20)5-7-17(24)22-10-13-11-25-18(23-13)16-3-1-2-8-21-16/h1-9,11H,10H2,(H,22,24)/b7-5+. The third-order valence-electron chi connectivity index (χ3n) is 3.25. The van der Waals surface area contributed by atoms with Crippen molar-refractivity contribution in [1.29, 1.82) is 0 Å². The normalized spacial score (nSPS) is 11.0. The summed E-state index contributed by atoms with van der Waals surface area (Å²) in [5, 5.41) is 6.47. The zero-order valence-corrected chi connectivity index (χ0v) is 15.3. The molecule has 0 bridgehead atoms. The Labute approximate surface area is 159 Å². The molecule has 0 aliphatic heterocycles. The Morgan fingerprint density at radius 2 is 2.08 bits per heavy atom. The average molecular weight is 390 g/mol. The highest BCUT2D eigenvalue weighted by atomic mass is 35.5. The van der Waals surface area contributed by atoms with E-state index in [4.69, 9.17) is 23.2 Å². The van der Waals surface area contributed by atoms with Crippen molar-refractivity contribution in [3.05, 3.63) is 75.4 Å². The number of pyridine rings is 1. The summed E-state index contributed by atoms with van der Waals surface area (Å²) in [6, 6.07) is 10.9. The summed E-state index contributed by atoms with van der Waals surface area (Å²) in [7, 11) is 0. The van der Waals surface area contributed by atoms with E-state index in [1.165, 1.54) is 17.4 Å². The van der Waals surface area contributed by atoms with Crippen LogP contribution in [0.3, 0.4) is 0 Å². The van der Waals surface area contributed by atoms with E-state index in [0.717, 1.165) is 22.0 Å².